The van der Waals surface area contributed by atoms with E-state index in [0.29, 0.717) is 0 Å². The third-order valence-corrected chi connectivity index (χ3v) is 8.38. The van der Waals surface area contributed by atoms with Gasteiger partial charge < -0.3 is 15.4 Å². The maximum Gasteiger partial charge on any atom is 0.196 e. The molecular weight excluding hydrogens is 552 g/mol. The fourth-order valence-corrected chi connectivity index (χ4v) is 6.08. The minimum absolute atomic E-state index is 0.166. The van der Waals surface area contributed by atoms with Crippen molar-refractivity contribution in [2.24, 2.45) is 4.99 Å². The third kappa shape index (κ3) is 5.57. The first-order valence-corrected chi connectivity index (χ1v) is 15.3. The molecule has 0 fully saturated rings. The Morgan fingerprint density at radius 2 is 1.02 bits per heavy atom. The predicted molar refractivity (Wildman–Crippen MR) is 182 cm³/mol. The summed E-state index contributed by atoms with van der Waals surface area (Å²) in [7, 11) is 0. The molecule has 3 N–H and O–H groups in total. The molecular formula is C40H32N4O. The molecule has 0 aliphatic carbocycles. The normalized spacial score (nSPS) is 18.6. The monoisotopic (exact) mass is 584 g/mol. The molecule has 3 atom stereocenters. The lowest BCUT2D eigenvalue weighted by molar-refractivity contribution is 0.260. The van der Waals surface area contributed by atoms with Crippen LogP contribution in [0.25, 0.3) is 22.3 Å². The lowest BCUT2D eigenvalue weighted by Gasteiger charge is -2.32. The Morgan fingerprint density at radius 3 is 1.73 bits per heavy atom. The van der Waals surface area contributed by atoms with Gasteiger partial charge in [0, 0.05) is 11.1 Å². The van der Waals surface area contributed by atoms with Gasteiger partial charge in [0.25, 0.3) is 0 Å². The highest BCUT2D eigenvalue weighted by atomic mass is 16.5. The van der Waals surface area contributed by atoms with Crippen LogP contribution < -0.4 is 20.7 Å². The summed E-state index contributed by atoms with van der Waals surface area (Å²) in [4.78, 5) is 5.25. The fourth-order valence-electron chi connectivity index (χ4n) is 6.08. The fraction of sp³-hybridized carbons (Fsp3) is 0.0750. The summed E-state index contributed by atoms with van der Waals surface area (Å²) in [6, 6.07) is 54.8. The summed E-state index contributed by atoms with van der Waals surface area (Å²) in [5.41, 5.74) is 10.00. The molecule has 45 heavy (non-hydrogen) atoms. The van der Waals surface area contributed by atoms with Crippen LogP contribution in [0, 0.1) is 0 Å². The van der Waals surface area contributed by atoms with Crippen LogP contribution in [0.3, 0.4) is 0 Å². The van der Waals surface area contributed by atoms with Gasteiger partial charge in [-0.1, -0.05) is 127 Å². The average Bonchev–Trinajstić information content (AvgIpc) is 3.57. The van der Waals surface area contributed by atoms with Gasteiger partial charge in [0.1, 0.15) is 23.9 Å². The van der Waals surface area contributed by atoms with Gasteiger partial charge in [0.2, 0.25) is 0 Å². The number of para-hydroxylation sites is 2. The molecule has 6 aromatic rings. The molecule has 6 aromatic carbocycles. The number of hydrogen-bond donors (Lipinski definition) is 3. The zero-order valence-electron chi connectivity index (χ0n) is 24.6. The van der Waals surface area contributed by atoms with Gasteiger partial charge in [0.05, 0.1) is 5.69 Å². The molecule has 5 heteroatoms. The first-order chi connectivity index (χ1) is 22.3. The van der Waals surface area contributed by atoms with Gasteiger partial charge in [-0.05, 0) is 63.7 Å². The lowest BCUT2D eigenvalue weighted by atomic mass is 9.99. The van der Waals surface area contributed by atoms with E-state index in [9.17, 15) is 0 Å². The number of ether oxygens (including phenoxy) is 1. The van der Waals surface area contributed by atoms with Crippen molar-refractivity contribution in [3.63, 3.8) is 0 Å². The molecule has 2 aliphatic rings. The van der Waals surface area contributed by atoms with Crippen LogP contribution in [0.15, 0.2) is 163 Å². The van der Waals surface area contributed by atoms with Crippen LogP contribution >= 0.6 is 0 Å². The smallest absolute Gasteiger partial charge is 0.196 e. The Kier molecular flexibility index (Phi) is 7.06. The van der Waals surface area contributed by atoms with Crippen molar-refractivity contribution in [1.82, 2.24) is 10.6 Å². The summed E-state index contributed by atoms with van der Waals surface area (Å²) < 4.78 is 6.24. The highest BCUT2D eigenvalue weighted by Gasteiger charge is 2.28. The summed E-state index contributed by atoms with van der Waals surface area (Å²) in [6.07, 6.45) is -0.689. The Hall–Kier alpha value is -5.65. The van der Waals surface area contributed by atoms with Gasteiger partial charge in [-0.15, -0.1) is 0 Å². The number of benzene rings is 6. The van der Waals surface area contributed by atoms with Gasteiger partial charge in [-0.2, -0.15) is 0 Å². The molecule has 0 saturated heterocycles. The number of nitrogens with one attached hydrogen (secondary N) is 3. The van der Waals surface area contributed by atoms with Crippen LogP contribution in [0.2, 0.25) is 0 Å². The summed E-state index contributed by atoms with van der Waals surface area (Å²) in [6.45, 7) is 0. The summed E-state index contributed by atoms with van der Waals surface area (Å²) in [5, 5.41) is 11.0. The number of amidine groups is 1. The Morgan fingerprint density at radius 1 is 0.467 bits per heavy atom. The highest BCUT2D eigenvalue weighted by molar-refractivity contribution is 5.99. The van der Waals surface area contributed by atoms with E-state index in [1.165, 1.54) is 22.3 Å². The second-order valence-corrected chi connectivity index (χ2v) is 11.4. The molecule has 0 saturated carbocycles. The first kappa shape index (κ1) is 26.9. The van der Waals surface area contributed by atoms with Crippen molar-refractivity contribution in [3.05, 3.63) is 180 Å². The van der Waals surface area contributed by atoms with Crippen molar-refractivity contribution in [2.75, 3.05) is 5.32 Å². The van der Waals surface area contributed by atoms with Gasteiger partial charge in [0.15, 0.2) is 6.23 Å². The van der Waals surface area contributed by atoms with E-state index >= 15 is 0 Å². The second kappa shape index (κ2) is 11.8. The molecule has 0 amide bonds. The van der Waals surface area contributed by atoms with Crippen LogP contribution in [-0.4, -0.2) is 5.84 Å². The standard InChI is InChI=1S/C40H32N4O/c1-3-12-27(13-4-1)29-16-9-18-31(24-29)37-42-38(32-19-10-17-30(25-32)28-14-5-2-6-15-28)44-39(43-37)33-20-11-21-34(26-33)40-41-35-22-7-8-23-36(35)45-40/h1-26,37-38,40-42H,(H,43,44). The molecule has 8 rings (SSSR count). The maximum absolute atomic E-state index is 6.24. The van der Waals surface area contributed by atoms with Crippen molar-refractivity contribution < 1.29 is 4.74 Å². The zero-order chi connectivity index (χ0) is 30.0. The molecule has 2 heterocycles. The topological polar surface area (TPSA) is 57.7 Å². The van der Waals surface area contributed by atoms with Crippen LogP contribution in [0.1, 0.15) is 40.8 Å². The van der Waals surface area contributed by atoms with E-state index in [2.05, 4.69) is 137 Å². The number of fused-ring (bicyclic) bond motifs is 1. The molecule has 0 bridgehead atoms. The van der Waals surface area contributed by atoms with Crippen LogP contribution in [0.5, 0.6) is 5.75 Å². The Labute approximate surface area is 263 Å². The molecule has 0 spiro atoms. The van der Waals surface area contributed by atoms with Crippen molar-refractivity contribution >= 4 is 11.5 Å². The number of rotatable bonds is 6. The SMILES string of the molecule is c1ccc(-c2cccc(C3N=C(c4cccc(C5Nc6ccccc6O5)c4)NC(c4cccc(-c5ccccc5)c4)N3)c2)cc1. The third-order valence-electron chi connectivity index (χ3n) is 8.38. The average molecular weight is 585 g/mol. The van der Waals surface area contributed by atoms with Gasteiger partial charge in [-0.25, -0.2) is 4.99 Å². The Bertz CT molecular complexity index is 1960. The molecule has 2 aliphatic heterocycles. The number of aliphatic imine (C=N–C) groups is 1. The second-order valence-electron chi connectivity index (χ2n) is 11.4. The highest BCUT2D eigenvalue weighted by Crippen LogP contribution is 2.38. The van der Waals surface area contributed by atoms with Crippen LogP contribution in [0.4, 0.5) is 5.69 Å². The van der Waals surface area contributed by atoms with E-state index in [1.54, 1.807) is 0 Å². The van der Waals surface area contributed by atoms with Gasteiger partial charge >= 0.3 is 0 Å². The summed E-state index contributed by atoms with van der Waals surface area (Å²) in [5.74, 6) is 1.69. The molecule has 5 nitrogen and oxygen atoms in total. The molecule has 218 valence electrons. The quantitative estimate of drug-likeness (QED) is 0.183. The van der Waals surface area contributed by atoms with Crippen molar-refractivity contribution in [2.45, 2.75) is 18.6 Å². The van der Waals surface area contributed by atoms with E-state index in [1.807, 2.05) is 36.4 Å². The molecule has 0 radical (unpaired) electrons. The summed E-state index contributed by atoms with van der Waals surface area (Å²) >= 11 is 0. The van der Waals surface area contributed by atoms with E-state index in [-0.39, 0.29) is 18.6 Å². The first-order valence-electron chi connectivity index (χ1n) is 15.3. The van der Waals surface area contributed by atoms with E-state index < -0.39 is 0 Å². The van der Waals surface area contributed by atoms with E-state index in [0.717, 1.165) is 39.5 Å². The minimum Gasteiger partial charge on any atom is -0.464 e. The predicted octanol–water partition coefficient (Wildman–Crippen LogP) is 8.86. The van der Waals surface area contributed by atoms with Crippen molar-refractivity contribution in [3.8, 4) is 28.0 Å². The van der Waals surface area contributed by atoms with Gasteiger partial charge in [-0.3, -0.25) is 5.32 Å². The molecule has 3 unspecified atom stereocenters. The van der Waals surface area contributed by atoms with Crippen molar-refractivity contribution in [1.29, 1.82) is 0 Å². The Balaban J connectivity index is 1.16. The number of nitrogens with zero attached hydrogens (tertiary/aromatic N) is 1. The lowest BCUT2D eigenvalue weighted by Crippen LogP contribution is -2.45. The minimum atomic E-state index is -0.263. The zero-order valence-corrected chi connectivity index (χ0v) is 24.6. The number of anilines is 1. The van der Waals surface area contributed by atoms with E-state index in [4.69, 9.17) is 9.73 Å². The number of hydrogen-bond acceptors (Lipinski definition) is 5. The maximum atomic E-state index is 6.24. The van der Waals surface area contributed by atoms with Crippen LogP contribution in [-0.2, 0) is 0 Å². The largest absolute Gasteiger partial charge is 0.464 e. The molecule has 0 aromatic heterocycles.